The minimum atomic E-state index is -3.80. The molecule has 4 rings (SSSR count). The summed E-state index contributed by atoms with van der Waals surface area (Å²) in [5.74, 6) is -0.306. The van der Waals surface area contributed by atoms with Gasteiger partial charge in [0, 0.05) is 7.05 Å². The van der Waals surface area contributed by atoms with E-state index in [2.05, 4.69) is 23.5 Å². The Morgan fingerprint density at radius 2 is 1.66 bits per heavy atom. The van der Waals surface area contributed by atoms with Gasteiger partial charge < -0.3 is 5.32 Å². The van der Waals surface area contributed by atoms with E-state index in [0.29, 0.717) is 11.3 Å². The van der Waals surface area contributed by atoms with E-state index in [9.17, 15) is 13.2 Å². The normalized spacial score (nSPS) is 14.0. The molecule has 32 heavy (non-hydrogen) atoms. The largest absolute Gasteiger partial charge is 0.345 e. The second kappa shape index (κ2) is 8.79. The molecule has 0 radical (unpaired) electrons. The molecule has 166 valence electrons. The Balaban J connectivity index is 1.58. The predicted octanol–water partition coefficient (Wildman–Crippen LogP) is 4.80. The molecule has 0 aromatic heterocycles. The van der Waals surface area contributed by atoms with E-state index >= 15 is 0 Å². The molecule has 1 atom stereocenters. The zero-order chi connectivity index (χ0) is 22.9. The van der Waals surface area contributed by atoms with Gasteiger partial charge in [0.25, 0.3) is 15.9 Å². The van der Waals surface area contributed by atoms with Crippen LogP contribution in [0.5, 0.6) is 0 Å². The number of sulfonamides is 1. The molecular weight excluding hydrogens is 420 g/mol. The lowest BCUT2D eigenvalue weighted by molar-refractivity contribution is 0.0940. The number of nitrogens with one attached hydrogen (secondary N) is 1. The third-order valence-electron chi connectivity index (χ3n) is 6.14. The number of benzene rings is 3. The van der Waals surface area contributed by atoms with Crippen LogP contribution in [0.15, 0.2) is 71.6 Å². The van der Waals surface area contributed by atoms with Gasteiger partial charge in [-0.05, 0) is 74.1 Å². The van der Waals surface area contributed by atoms with Crippen molar-refractivity contribution >= 4 is 21.6 Å². The van der Waals surface area contributed by atoms with Crippen molar-refractivity contribution in [3.05, 3.63) is 94.5 Å². The van der Waals surface area contributed by atoms with Crippen molar-refractivity contribution in [2.75, 3.05) is 11.4 Å². The van der Waals surface area contributed by atoms with Crippen LogP contribution in [0.3, 0.4) is 0 Å². The van der Waals surface area contributed by atoms with E-state index < -0.39 is 10.0 Å². The quantitative estimate of drug-likeness (QED) is 0.589. The lowest BCUT2D eigenvalue weighted by Crippen LogP contribution is -2.32. The fourth-order valence-corrected chi connectivity index (χ4v) is 5.37. The second-order valence-corrected chi connectivity index (χ2v) is 10.3. The van der Waals surface area contributed by atoms with Crippen LogP contribution in [0.25, 0.3) is 0 Å². The van der Waals surface area contributed by atoms with Crippen molar-refractivity contribution in [3.63, 3.8) is 0 Å². The number of fused-ring (bicyclic) bond motifs is 1. The van der Waals surface area contributed by atoms with Crippen LogP contribution in [0.4, 0.5) is 5.69 Å². The Kier molecular flexibility index (Phi) is 6.07. The first-order valence-corrected chi connectivity index (χ1v) is 12.3. The predicted molar refractivity (Wildman–Crippen MR) is 128 cm³/mol. The summed E-state index contributed by atoms with van der Waals surface area (Å²) in [6, 6.07) is 19.7. The highest BCUT2D eigenvalue weighted by Gasteiger charge is 2.25. The van der Waals surface area contributed by atoms with Gasteiger partial charge in [0.1, 0.15) is 0 Å². The summed E-state index contributed by atoms with van der Waals surface area (Å²) in [5, 5.41) is 3.04. The molecule has 1 aliphatic carbocycles. The highest BCUT2D eigenvalue weighted by atomic mass is 32.2. The average Bonchev–Trinajstić information content (AvgIpc) is 3.26. The van der Waals surface area contributed by atoms with Gasteiger partial charge in [-0.1, -0.05) is 48.0 Å². The summed E-state index contributed by atoms with van der Waals surface area (Å²) in [5.41, 5.74) is 5.43. The Hall–Kier alpha value is -3.12. The monoisotopic (exact) mass is 448 g/mol. The van der Waals surface area contributed by atoms with Crippen LogP contribution in [0, 0.1) is 6.92 Å². The lowest BCUT2D eigenvalue weighted by atomic mass is 10.0. The third-order valence-corrected chi connectivity index (χ3v) is 7.92. The molecule has 0 saturated heterocycles. The first kappa shape index (κ1) is 22.1. The van der Waals surface area contributed by atoms with Crippen molar-refractivity contribution in [1.82, 2.24) is 5.32 Å². The number of nitrogens with zero attached hydrogens (tertiary/aromatic N) is 1. The molecule has 5 nitrogen and oxygen atoms in total. The van der Waals surface area contributed by atoms with Crippen LogP contribution >= 0.6 is 0 Å². The number of anilines is 1. The van der Waals surface area contributed by atoms with Crippen LogP contribution in [-0.4, -0.2) is 21.4 Å². The van der Waals surface area contributed by atoms with Crippen LogP contribution in [-0.2, 0) is 22.9 Å². The molecule has 0 heterocycles. The number of carbonyl (C=O) groups is 1. The maximum atomic E-state index is 13.2. The summed E-state index contributed by atoms with van der Waals surface area (Å²) in [7, 11) is -2.32. The molecule has 0 saturated carbocycles. The second-order valence-electron chi connectivity index (χ2n) is 8.38. The third kappa shape index (κ3) is 4.28. The summed E-state index contributed by atoms with van der Waals surface area (Å²) < 4.78 is 27.5. The number of amides is 1. The maximum Gasteiger partial charge on any atom is 0.264 e. The molecule has 0 bridgehead atoms. The van der Waals surface area contributed by atoms with Gasteiger partial charge in [-0.3, -0.25) is 9.10 Å². The molecule has 0 unspecified atom stereocenters. The zero-order valence-electron chi connectivity index (χ0n) is 18.6. The van der Waals surface area contributed by atoms with E-state index in [-0.39, 0.29) is 16.8 Å². The zero-order valence-corrected chi connectivity index (χ0v) is 19.4. The molecular formula is C26H28N2O3S. The van der Waals surface area contributed by atoms with Crippen molar-refractivity contribution < 1.29 is 13.2 Å². The van der Waals surface area contributed by atoms with Gasteiger partial charge in [0.15, 0.2) is 0 Å². The number of hydrogen-bond acceptors (Lipinski definition) is 3. The SMILES string of the molecule is Cc1ccc(S(=O)(=O)N(C)c2ccccc2C(=O)N[C@H](C)c2ccc3c(c2)CCC3)cc1. The number of hydrogen-bond donors (Lipinski definition) is 1. The first-order valence-electron chi connectivity index (χ1n) is 10.8. The number of aryl methyl sites for hydroxylation is 3. The summed E-state index contributed by atoms with van der Waals surface area (Å²) in [4.78, 5) is 13.4. The fourth-order valence-electron chi connectivity index (χ4n) is 4.16. The van der Waals surface area contributed by atoms with Gasteiger partial charge in [-0.15, -0.1) is 0 Å². The van der Waals surface area contributed by atoms with Crippen molar-refractivity contribution in [2.45, 2.75) is 44.0 Å². The van der Waals surface area contributed by atoms with Crippen molar-refractivity contribution in [2.24, 2.45) is 0 Å². The topological polar surface area (TPSA) is 66.5 Å². The minimum Gasteiger partial charge on any atom is -0.345 e. The van der Waals surface area contributed by atoms with Gasteiger partial charge in [0.2, 0.25) is 0 Å². The molecule has 6 heteroatoms. The summed E-state index contributed by atoms with van der Waals surface area (Å²) in [6.45, 7) is 3.85. The standard InChI is InChI=1S/C26H28N2O3S/c1-18-11-15-23(16-12-18)32(30,31)28(3)25-10-5-4-9-24(25)26(29)27-19(2)21-14-13-20-7-6-8-22(20)17-21/h4-5,9-17,19H,6-8H2,1-3H3,(H,27,29)/t19-/m1/s1. The smallest absolute Gasteiger partial charge is 0.264 e. The highest BCUT2D eigenvalue weighted by Crippen LogP contribution is 2.28. The Morgan fingerprint density at radius 3 is 2.41 bits per heavy atom. The van der Waals surface area contributed by atoms with Gasteiger partial charge >= 0.3 is 0 Å². The van der Waals surface area contributed by atoms with Crippen LogP contribution in [0.2, 0.25) is 0 Å². The summed E-state index contributed by atoms with van der Waals surface area (Å²) >= 11 is 0. The number of rotatable bonds is 6. The summed E-state index contributed by atoms with van der Waals surface area (Å²) in [6.07, 6.45) is 3.37. The molecule has 0 aliphatic heterocycles. The van der Waals surface area contributed by atoms with Gasteiger partial charge in [-0.25, -0.2) is 8.42 Å². The molecule has 1 aliphatic rings. The average molecular weight is 449 g/mol. The van der Waals surface area contributed by atoms with Crippen LogP contribution < -0.4 is 9.62 Å². The molecule has 3 aromatic carbocycles. The van der Waals surface area contributed by atoms with Crippen molar-refractivity contribution in [3.8, 4) is 0 Å². The lowest BCUT2D eigenvalue weighted by Gasteiger charge is -2.23. The van der Waals surface area contributed by atoms with Crippen LogP contribution in [0.1, 0.15) is 52.0 Å². The van der Waals surface area contributed by atoms with E-state index in [1.807, 2.05) is 13.8 Å². The molecule has 1 amide bonds. The highest BCUT2D eigenvalue weighted by molar-refractivity contribution is 7.92. The minimum absolute atomic E-state index is 0.187. The van der Waals surface area contributed by atoms with Gasteiger partial charge in [-0.2, -0.15) is 0 Å². The van der Waals surface area contributed by atoms with E-state index in [1.165, 1.54) is 28.9 Å². The molecule has 3 aromatic rings. The Labute approximate surface area is 190 Å². The van der Waals surface area contributed by atoms with Crippen molar-refractivity contribution in [1.29, 1.82) is 0 Å². The first-order chi connectivity index (χ1) is 15.3. The Morgan fingerprint density at radius 1 is 0.969 bits per heavy atom. The fraction of sp³-hybridized carbons (Fsp3) is 0.269. The molecule has 0 spiro atoms. The van der Waals surface area contributed by atoms with Gasteiger partial charge in [0.05, 0.1) is 22.2 Å². The Bertz CT molecular complexity index is 1250. The molecule has 1 N–H and O–H groups in total. The number of carbonyl (C=O) groups excluding carboxylic acids is 1. The van der Waals surface area contributed by atoms with E-state index in [1.54, 1.807) is 48.5 Å². The van der Waals surface area contributed by atoms with E-state index in [4.69, 9.17) is 0 Å². The number of para-hydroxylation sites is 1. The van der Waals surface area contributed by atoms with E-state index in [0.717, 1.165) is 24.0 Å². The molecule has 0 fully saturated rings. The maximum absolute atomic E-state index is 13.2.